The van der Waals surface area contributed by atoms with E-state index in [9.17, 15) is 4.79 Å². The number of amides is 2. The van der Waals surface area contributed by atoms with Crippen molar-refractivity contribution in [3.63, 3.8) is 0 Å². The number of nitrogens with one attached hydrogen (secondary N) is 1. The van der Waals surface area contributed by atoms with Gasteiger partial charge in [-0.3, -0.25) is 0 Å². The molecule has 0 spiro atoms. The predicted octanol–water partition coefficient (Wildman–Crippen LogP) is 2.27. The van der Waals surface area contributed by atoms with Gasteiger partial charge in [-0.2, -0.15) is 0 Å². The fourth-order valence-corrected chi connectivity index (χ4v) is 1.84. The molecule has 1 aromatic rings. The Balaban J connectivity index is 2.40. The summed E-state index contributed by atoms with van der Waals surface area (Å²) >= 11 is 0. The van der Waals surface area contributed by atoms with Gasteiger partial charge < -0.3 is 19.7 Å². The average molecular weight is 294 g/mol. The van der Waals surface area contributed by atoms with Crippen LogP contribution in [0.15, 0.2) is 30.3 Å². The van der Waals surface area contributed by atoms with Crippen molar-refractivity contribution in [2.24, 2.45) is 0 Å². The number of urea groups is 1. The SMILES string of the molecule is CCOCCN(CCOCC)C(=O)NCc1ccccc1. The summed E-state index contributed by atoms with van der Waals surface area (Å²) in [6.45, 7) is 7.96. The topological polar surface area (TPSA) is 50.8 Å². The second kappa shape index (κ2) is 11.1. The Morgan fingerprint density at radius 1 is 1.05 bits per heavy atom. The lowest BCUT2D eigenvalue weighted by atomic mass is 10.2. The molecule has 1 N–H and O–H groups in total. The molecular formula is C16H26N2O3. The van der Waals surface area contributed by atoms with Gasteiger partial charge in [0, 0.05) is 32.8 Å². The summed E-state index contributed by atoms with van der Waals surface area (Å²) in [5.74, 6) is 0. The minimum absolute atomic E-state index is 0.0849. The second-order valence-corrected chi connectivity index (χ2v) is 4.53. The highest BCUT2D eigenvalue weighted by molar-refractivity contribution is 5.74. The first-order chi connectivity index (χ1) is 10.3. The van der Waals surface area contributed by atoms with E-state index in [1.54, 1.807) is 4.90 Å². The molecular weight excluding hydrogens is 268 g/mol. The maximum absolute atomic E-state index is 12.2. The molecule has 1 aromatic carbocycles. The molecule has 0 saturated heterocycles. The second-order valence-electron chi connectivity index (χ2n) is 4.53. The normalized spacial score (nSPS) is 10.4. The highest BCUT2D eigenvalue weighted by Crippen LogP contribution is 1.99. The molecule has 0 atom stereocenters. The molecule has 5 nitrogen and oxygen atoms in total. The number of carbonyl (C=O) groups is 1. The molecule has 21 heavy (non-hydrogen) atoms. The Morgan fingerprint density at radius 3 is 2.14 bits per heavy atom. The van der Waals surface area contributed by atoms with Crippen LogP contribution in [0.4, 0.5) is 4.79 Å². The number of hydrogen-bond donors (Lipinski definition) is 1. The Labute approximate surface area is 127 Å². The summed E-state index contributed by atoms with van der Waals surface area (Å²) in [4.78, 5) is 13.9. The van der Waals surface area contributed by atoms with E-state index in [4.69, 9.17) is 9.47 Å². The lowest BCUT2D eigenvalue weighted by molar-refractivity contribution is 0.0924. The Hall–Kier alpha value is -1.59. The van der Waals surface area contributed by atoms with Gasteiger partial charge in [-0.05, 0) is 19.4 Å². The molecule has 0 unspecified atom stereocenters. The smallest absolute Gasteiger partial charge is 0.317 e. The van der Waals surface area contributed by atoms with Crippen molar-refractivity contribution in [1.29, 1.82) is 0 Å². The van der Waals surface area contributed by atoms with Crippen LogP contribution in [-0.2, 0) is 16.0 Å². The highest BCUT2D eigenvalue weighted by Gasteiger charge is 2.12. The Kier molecular flexibility index (Phi) is 9.24. The molecule has 0 saturated carbocycles. The van der Waals surface area contributed by atoms with Crippen molar-refractivity contribution in [2.45, 2.75) is 20.4 Å². The quantitative estimate of drug-likeness (QED) is 0.674. The molecule has 0 aliphatic heterocycles. The summed E-state index contributed by atoms with van der Waals surface area (Å²) in [5, 5.41) is 2.93. The van der Waals surface area contributed by atoms with E-state index in [1.807, 2.05) is 44.2 Å². The van der Waals surface area contributed by atoms with E-state index < -0.39 is 0 Å². The molecule has 0 aromatic heterocycles. The van der Waals surface area contributed by atoms with Crippen LogP contribution < -0.4 is 5.32 Å². The molecule has 118 valence electrons. The van der Waals surface area contributed by atoms with Gasteiger partial charge in [-0.1, -0.05) is 30.3 Å². The van der Waals surface area contributed by atoms with Crippen molar-refractivity contribution in [1.82, 2.24) is 10.2 Å². The summed E-state index contributed by atoms with van der Waals surface area (Å²) in [5.41, 5.74) is 1.08. The van der Waals surface area contributed by atoms with Crippen molar-refractivity contribution >= 4 is 6.03 Å². The minimum atomic E-state index is -0.0849. The summed E-state index contributed by atoms with van der Waals surface area (Å²) in [7, 11) is 0. The highest BCUT2D eigenvalue weighted by atomic mass is 16.5. The molecule has 5 heteroatoms. The maximum atomic E-state index is 12.2. The molecule has 0 bridgehead atoms. The number of nitrogens with zero attached hydrogens (tertiary/aromatic N) is 1. The van der Waals surface area contributed by atoms with Crippen LogP contribution in [-0.4, -0.2) is 50.4 Å². The molecule has 0 fully saturated rings. The first-order valence-corrected chi connectivity index (χ1v) is 7.50. The van der Waals surface area contributed by atoms with Gasteiger partial charge in [-0.25, -0.2) is 4.79 Å². The van der Waals surface area contributed by atoms with Crippen molar-refractivity contribution in [3.8, 4) is 0 Å². The van der Waals surface area contributed by atoms with Crippen molar-refractivity contribution in [3.05, 3.63) is 35.9 Å². The number of carbonyl (C=O) groups excluding carboxylic acids is 1. The summed E-state index contributed by atoms with van der Waals surface area (Å²) < 4.78 is 10.6. The van der Waals surface area contributed by atoms with Crippen molar-refractivity contribution in [2.75, 3.05) is 39.5 Å². The van der Waals surface area contributed by atoms with Crippen LogP contribution in [0.5, 0.6) is 0 Å². The first kappa shape index (κ1) is 17.5. The van der Waals surface area contributed by atoms with Gasteiger partial charge in [0.25, 0.3) is 0 Å². The summed E-state index contributed by atoms with van der Waals surface area (Å²) in [6, 6.07) is 9.78. The van der Waals surface area contributed by atoms with Crippen molar-refractivity contribution < 1.29 is 14.3 Å². The van der Waals surface area contributed by atoms with Gasteiger partial charge in [0.2, 0.25) is 0 Å². The molecule has 2 amide bonds. The third-order valence-corrected chi connectivity index (χ3v) is 2.99. The minimum Gasteiger partial charge on any atom is -0.380 e. The molecule has 1 rings (SSSR count). The third-order valence-electron chi connectivity index (χ3n) is 2.99. The average Bonchev–Trinajstić information content (AvgIpc) is 2.52. The molecule has 0 radical (unpaired) electrons. The van der Waals surface area contributed by atoms with Crippen LogP contribution in [0, 0.1) is 0 Å². The zero-order valence-electron chi connectivity index (χ0n) is 13.0. The lowest BCUT2D eigenvalue weighted by Crippen LogP contribution is -2.43. The van der Waals surface area contributed by atoms with Gasteiger partial charge in [0.05, 0.1) is 13.2 Å². The van der Waals surface area contributed by atoms with Crippen LogP contribution >= 0.6 is 0 Å². The van der Waals surface area contributed by atoms with E-state index in [1.165, 1.54) is 0 Å². The Morgan fingerprint density at radius 2 is 1.62 bits per heavy atom. The molecule has 0 aliphatic carbocycles. The molecule has 0 heterocycles. The van der Waals surface area contributed by atoms with Gasteiger partial charge in [-0.15, -0.1) is 0 Å². The van der Waals surface area contributed by atoms with Crippen LogP contribution in [0.1, 0.15) is 19.4 Å². The Bertz CT molecular complexity index is 374. The fourth-order valence-electron chi connectivity index (χ4n) is 1.84. The van der Waals surface area contributed by atoms with E-state index >= 15 is 0 Å². The third kappa shape index (κ3) is 7.68. The lowest BCUT2D eigenvalue weighted by Gasteiger charge is -2.23. The molecule has 0 aliphatic rings. The first-order valence-electron chi connectivity index (χ1n) is 7.50. The fraction of sp³-hybridized carbons (Fsp3) is 0.562. The number of benzene rings is 1. The zero-order valence-corrected chi connectivity index (χ0v) is 13.0. The number of rotatable bonds is 10. The predicted molar refractivity (Wildman–Crippen MR) is 83.2 cm³/mol. The van der Waals surface area contributed by atoms with Crippen LogP contribution in [0.3, 0.4) is 0 Å². The summed E-state index contributed by atoms with van der Waals surface area (Å²) in [6.07, 6.45) is 0. The monoisotopic (exact) mass is 294 g/mol. The number of ether oxygens (including phenoxy) is 2. The van der Waals surface area contributed by atoms with Crippen LogP contribution in [0.25, 0.3) is 0 Å². The van der Waals surface area contributed by atoms with Gasteiger partial charge in [0.1, 0.15) is 0 Å². The standard InChI is InChI=1S/C16H26N2O3/c1-3-20-12-10-18(11-13-21-4-2)16(19)17-14-15-8-6-5-7-9-15/h5-9H,3-4,10-14H2,1-2H3,(H,17,19). The van der Waals surface area contributed by atoms with Gasteiger partial charge in [0.15, 0.2) is 0 Å². The number of hydrogen-bond acceptors (Lipinski definition) is 3. The van der Waals surface area contributed by atoms with E-state index in [0.29, 0.717) is 46.1 Å². The van der Waals surface area contributed by atoms with Gasteiger partial charge >= 0.3 is 6.03 Å². The van der Waals surface area contributed by atoms with E-state index in [-0.39, 0.29) is 6.03 Å². The zero-order chi connectivity index (χ0) is 15.3. The van der Waals surface area contributed by atoms with Crippen LogP contribution in [0.2, 0.25) is 0 Å². The maximum Gasteiger partial charge on any atom is 0.317 e. The van der Waals surface area contributed by atoms with E-state index in [0.717, 1.165) is 5.56 Å². The van der Waals surface area contributed by atoms with E-state index in [2.05, 4.69) is 5.32 Å². The largest absolute Gasteiger partial charge is 0.380 e.